The average molecular weight is 216 g/mol. The second kappa shape index (κ2) is 5.32. The van der Waals surface area contributed by atoms with Crippen molar-refractivity contribution in [1.82, 2.24) is 0 Å². The third-order valence-corrected chi connectivity index (χ3v) is 2.38. The summed E-state index contributed by atoms with van der Waals surface area (Å²) in [7, 11) is 0. The van der Waals surface area contributed by atoms with E-state index in [4.69, 9.17) is 17.3 Å². The minimum absolute atomic E-state index is 0.0213. The summed E-state index contributed by atoms with van der Waals surface area (Å²) >= 11 is 5.77. The maximum Gasteiger partial charge on any atom is 0.126 e. The molecule has 0 aliphatic heterocycles. The largest absolute Gasteiger partial charge is 0.327 e. The highest BCUT2D eigenvalue weighted by molar-refractivity contribution is 6.30. The molecule has 1 unspecified atom stereocenters. The molecular weight excluding hydrogens is 201 g/mol. The maximum absolute atomic E-state index is 13.3. The highest BCUT2D eigenvalue weighted by Crippen LogP contribution is 2.16. The van der Waals surface area contributed by atoms with Crippen molar-refractivity contribution in [2.24, 2.45) is 5.73 Å². The van der Waals surface area contributed by atoms with Crippen LogP contribution in [0.25, 0.3) is 0 Å². The fourth-order valence-corrected chi connectivity index (χ4v) is 1.65. The first kappa shape index (κ1) is 11.5. The Morgan fingerprint density at radius 1 is 1.50 bits per heavy atom. The Hall–Kier alpha value is -0.600. The van der Waals surface area contributed by atoms with Gasteiger partial charge >= 0.3 is 0 Å². The lowest BCUT2D eigenvalue weighted by molar-refractivity contribution is 0.561. The van der Waals surface area contributed by atoms with Crippen molar-refractivity contribution in [2.75, 3.05) is 0 Å². The second-order valence-corrected chi connectivity index (χ2v) is 3.93. The average Bonchev–Trinajstić information content (AvgIpc) is 2.12. The lowest BCUT2D eigenvalue weighted by Crippen LogP contribution is -2.22. The SMILES string of the molecule is CCCC(N)Cc1cc(Cl)ccc1F. The van der Waals surface area contributed by atoms with Crippen LogP contribution in [0, 0.1) is 5.82 Å². The highest BCUT2D eigenvalue weighted by atomic mass is 35.5. The zero-order chi connectivity index (χ0) is 10.6. The summed E-state index contributed by atoms with van der Waals surface area (Å²) in [5.74, 6) is -0.221. The van der Waals surface area contributed by atoms with Crippen molar-refractivity contribution in [3.8, 4) is 0 Å². The van der Waals surface area contributed by atoms with E-state index in [0.29, 0.717) is 17.0 Å². The molecule has 0 radical (unpaired) electrons. The van der Waals surface area contributed by atoms with E-state index in [-0.39, 0.29) is 11.9 Å². The number of hydrogen-bond acceptors (Lipinski definition) is 1. The van der Waals surface area contributed by atoms with Crippen molar-refractivity contribution in [1.29, 1.82) is 0 Å². The number of nitrogens with two attached hydrogens (primary N) is 1. The Morgan fingerprint density at radius 3 is 2.86 bits per heavy atom. The molecular formula is C11H15ClFN. The molecule has 0 heterocycles. The van der Waals surface area contributed by atoms with Gasteiger partial charge in [0.25, 0.3) is 0 Å². The van der Waals surface area contributed by atoms with Crippen molar-refractivity contribution >= 4 is 11.6 Å². The highest BCUT2D eigenvalue weighted by Gasteiger charge is 2.07. The molecule has 0 spiro atoms. The van der Waals surface area contributed by atoms with Crippen LogP contribution in [-0.2, 0) is 6.42 Å². The van der Waals surface area contributed by atoms with E-state index in [1.807, 2.05) is 0 Å². The number of benzene rings is 1. The molecule has 2 N–H and O–H groups in total. The first-order valence-corrected chi connectivity index (χ1v) is 5.20. The van der Waals surface area contributed by atoms with Crippen molar-refractivity contribution in [3.05, 3.63) is 34.6 Å². The fourth-order valence-electron chi connectivity index (χ4n) is 1.46. The lowest BCUT2D eigenvalue weighted by atomic mass is 10.0. The Kier molecular flexibility index (Phi) is 4.36. The van der Waals surface area contributed by atoms with E-state index >= 15 is 0 Å². The molecule has 1 aromatic carbocycles. The normalized spacial score (nSPS) is 12.9. The van der Waals surface area contributed by atoms with E-state index in [0.717, 1.165) is 12.8 Å². The van der Waals surface area contributed by atoms with Gasteiger partial charge in [-0.3, -0.25) is 0 Å². The maximum atomic E-state index is 13.3. The monoisotopic (exact) mass is 215 g/mol. The molecule has 0 bridgehead atoms. The molecule has 0 amide bonds. The van der Waals surface area contributed by atoms with Gasteiger partial charge in [-0.25, -0.2) is 4.39 Å². The predicted octanol–water partition coefficient (Wildman–Crippen LogP) is 3.15. The summed E-state index contributed by atoms with van der Waals surface area (Å²) in [6.07, 6.45) is 2.48. The van der Waals surface area contributed by atoms with Gasteiger partial charge < -0.3 is 5.73 Å². The third-order valence-electron chi connectivity index (χ3n) is 2.15. The molecule has 14 heavy (non-hydrogen) atoms. The van der Waals surface area contributed by atoms with Crippen LogP contribution in [0.15, 0.2) is 18.2 Å². The van der Waals surface area contributed by atoms with Crippen LogP contribution in [0.1, 0.15) is 25.3 Å². The van der Waals surface area contributed by atoms with E-state index < -0.39 is 0 Å². The zero-order valence-electron chi connectivity index (χ0n) is 8.26. The van der Waals surface area contributed by atoms with Crippen LogP contribution in [0.3, 0.4) is 0 Å². The van der Waals surface area contributed by atoms with Gasteiger partial charge in [-0.1, -0.05) is 24.9 Å². The Bertz CT molecular complexity index is 301. The molecule has 1 atom stereocenters. The molecule has 0 saturated heterocycles. The van der Waals surface area contributed by atoms with Crippen LogP contribution in [-0.4, -0.2) is 6.04 Å². The minimum atomic E-state index is -0.221. The zero-order valence-corrected chi connectivity index (χ0v) is 9.02. The topological polar surface area (TPSA) is 26.0 Å². The van der Waals surface area contributed by atoms with Crippen LogP contribution < -0.4 is 5.73 Å². The van der Waals surface area contributed by atoms with Gasteiger partial charge in [0.05, 0.1) is 0 Å². The van der Waals surface area contributed by atoms with Crippen LogP contribution >= 0.6 is 11.6 Å². The molecule has 0 saturated carbocycles. The van der Waals surface area contributed by atoms with Gasteiger partial charge in [-0.2, -0.15) is 0 Å². The Labute approximate surface area is 89.1 Å². The first-order chi connectivity index (χ1) is 6.63. The molecule has 0 fully saturated rings. The fraction of sp³-hybridized carbons (Fsp3) is 0.455. The van der Waals surface area contributed by atoms with Crippen LogP contribution in [0.2, 0.25) is 5.02 Å². The lowest BCUT2D eigenvalue weighted by Gasteiger charge is -2.10. The minimum Gasteiger partial charge on any atom is -0.327 e. The molecule has 0 aliphatic carbocycles. The van der Waals surface area contributed by atoms with Crippen LogP contribution in [0.5, 0.6) is 0 Å². The number of rotatable bonds is 4. The summed E-state index contributed by atoms with van der Waals surface area (Å²) in [5.41, 5.74) is 6.44. The number of hydrogen-bond donors (Lipinski definition) is 1. The Morgan fingerprint density at radius 2 is 2.21 bits per heavy atom. The smallest absolute Gasteiger partial charge is 0.126 e. The van der Waals surface area contributed by atoms with E-state index in [9.17, 15) is 4.39 Å². The molecule has 0 aromatic heterocycles. The summed E-state index contributed by atoms with van der Waals surface area (Å²) < 4.78 is 13.3. The predicted molar refractivity (Wildman–Crippen MR) is 58.0 cm³/mol. The van der Waals surface area contributed by atoms with Crippen molar-refractivity contribution in [3.63, 3.8) is 0 Å². The van der Waals surface area contributed by atoms with Crippen molar-refractivity contribution < 1.29 is 4.39 Å². The molecule has 1 rings (SSSR count). The standard InChI is InChI=1S/C11H15ClFN/c1-2-3-10(14)7-8-6-9(12)4-5-11(8)13/h4-6,10H,2-3,7,14H2,1H3. The van der Waals surface area contributed by atoms with Gasteiger partial charge in [-0.15, -0.1) is 0 Å². The van der Waals surface area contributed by atoms with Gasteiger partial charge in [0.1, 0.15) is 5.82 Å². The third kappa shape index (κ3) is 3.28. The molecule has 1 nitrogen and oxygen atoms in total. The summed E-state index contributed by atoms with van der Waals surface area (Å²) in [6, 6.07) is 4.60. The quantitative estimate of drug-likeness (QED) is 0.821. The number of halogens is 2. The van der Waals surface area contributed by atoms with E-state index in [1.54, 1.807) is 12.1 Å². The first-order valence-electron chi connectivity index (χ1n) is 4.83. The van der Waals surface area contributed by atoms with Gasteiger partial charge in [0.2, 0.25) is 0 Å². The summed E-state index contributed by atoms with van der Waals surface area (Å²) in [5, 5.41) is 0.560. The van der Waals surface area contributed by atoms with Gasteiger partial charge in [0, 0.05) is 11.1 Å². The van der Waals surface area contributed by atoms with Gasteiger partial charge in [0.15, 0.2) is 0 Å². The molecule has 78 valence electrons. The second-order valence-electron chi connectivity index (χ2n) is 3.49. The van der Waals surface area contributed by atoms with E-state index in [1.165, 1.54) is 6.07 Å². The Balaban J connectivity index is 2.70. The molecule has 0 aliphatic rings. The van der Waals surface area contributed by atoms with Gasteiger partial charge in [-0.05, 0) is 36.6 Å². The summed E-state index contributed by atoms with van der Waals surface area (Å²) in [6.45, 7) is 2.06. The van der Waals surface area contributed by atoms with Crippen LogP contribution in [0.4, 0.5) is 4.39 Å². The van der Waals surface area contributed by atoms with E-state index in [2.05, 4.69) is 6.92 Å². The van der Waals surface area contributed by atoms with Crippen molar-refractivity contribution in [2.45, 2.75) is 32.2 Å². The molecule has 1 aromatic rings. The molecule has 3 heteroatoms. The summed E-state index contributed by atoms with van der Waals surface area (Å²) in [4.78, 5) is 0.